The van der Waals surface area contributed by atoms with Gasteiger partial charge in [-0.3, -0.25) is 0 Å². The second-order valence-corrected chi connectivity index (χ2v) is 4.77. The average Bonchev–Trinajstić information content (AvgIpc) is 2.17. The molecule has 0 aliphatic carbocycles. The first kappa shape index (κ1) is 12.9. The van der Waals surface area contributed by atoms with Crippen LogP contribution in [0.15, 0.2) is 18.2 Å². The monoisotopic (exact) mass is 222 g/mol. The quantitative estimate of drug-likeness (QED) is 0.771. The topological polar surface area (TPSA) is 18.5 Å². The van der Waals surface area contributed by atoms with E-state index in [0.717, 1.165) is 11.5 Å². The summed E-state index contributed by atoms with van der Waals surface area (Å²) in [5, 5.41) is 0. The molecule has 0 aromatic heterocycles. The average molecular weight is 222 g/mol. The molecule has 0 radical (unpaired) electrons. The molecule has 90 valence electrons. The molecule has 0 saturated carbocycles. The minimum Gasteiger partial charge on any atom is -0.494 e. The van der Waals surface area contributed by atoms with Crippen molar-refractivity contribution in [2.75, 3.05) is 13.2 Å². The third-order valence-electron chi connectivity index (χ3n) is 2.37. The molecular weight excluding hydrogens is 200 g/mol. The molecule has 2 heteroatoms. The van der Waals surface area contributed by atoms with E-state index in [4.69, 9.17) is 9.47 Å². The lowest BCUT2D eigenvalue weighted by Gasteiger charge is -2.23. The summed E-state index contributed by atoms with van der Waals surface area (Å²) in [7, 11) is 0. The highest BCUT2D eigenvalue weighted by molar-refractivity contribution is 5.44. The lowest BCUT2D eigenvalue weighted by atomic mass is 9.86. The molecule has 0 unspecified atom stereocenters. The first-order valence-corrected chi connectivity index (χ1v) is 5.89. The van der Waals surface area contributed by atoms with Crippen LogP contribution in [0, 0.1) is 0 Å². The van der Waals surface area contributed by atoms with Crippen molar-refractivity contribution in [3.05, 3.63) is 23.8 Å². The Morgan fingerprint density at radius 3 is 2.12 bits per heavy atom. The van der Waals surface area contributed by atoms with Gasteiger partial charge in [0, 0.05) is 6.07 Å². The second kappa shape index (κ2) is 5.24. The lowest BCUT2D eigenvalue weighted by Crippen LogP contribution is -2.13. The maximum absolute atomic E-state index is 5.67. The summed E-state index contributed by atoms with van der Waals surface area (Å²) in [5.74, 6) is 1.81. The van der Waals surface area contributed by atoms with Crippen LogP contribution in [-0.2, 0) is 5.41 Å². The summed E-state index contributed by atoms with van der Waals surface area (Å²) in [6.45, 7) is 11.9. The van der Waals surface area contributed by atoms with Gasteiger partial charge in [-0.15, -0.1) is 0 Å². The zero-order chi connectivity index (χ0) is 12.2. The van der Waals surface area contributed by atoms with Gasteiger partial charge in [0.05, 0.1) is 13.2 Å². The van der Waals surface area contributed by atoms with E-state index in [2.05, 4.69) is 26.8 Å². The Balaban J connectivity index is 3.09. The van der Waals surface area contributed by atoms with Crippen LogP contribution in [0.25, 0.3) is 0 Å². The van der Waals surface area contributed by atoms with Gasteiger partial charge >= 0.3 is 0 Å². The predicted molar refractivity (Wildman–Crippen MR) is 67.5 cm³/mol. The van der Waals surface area contributed by atoms with Gasteiger partial charge in [0.25, 0.3) is 0 Å². The largest absolute Gasteiger partial charge is 0.494 e. The standard InChI is InChI=1S/C14H22O2/c1-6-15-11-8-9-12(14(3,4)5)13(10-11)16-7-2/h8-10H,6-7H2,1-5H3. The molecule has 0 atom stereocenters. The van der Waals surface area contributed by atoms with Gasteiger partial charge in [-0.05, 0) is 30.9 Å². The molecule has 16 heavy (non-hydrogen) atoms. The number of hydrogen-bond acceptors (Lipinski definition) is 2. The van der Waals surface area contributed by atoms with E-state index >= 15 is 0 Å². The Labute approximate surface area is 98.6 Å². The smallest absolute Gasteiger partial charge is 0.126 e. The number of ether oxygens (including phenoxy) is 2. The van der Waals surface area contributed by atoms with Crippen LogP contribution in [-0.4, -0.2) is 13.2 Å². The fraction of sp³-hybridized carbons (Fsp3) is 0.571. The Bertz CT molecular complexity index is 337. The van der Waals surface area contributed by atoms with Gasteiger partial charge in [-0.2, -0.15) is 0 Å². The Hall–Kier alpha value is -1.18. The molecule has 2 nitrogen and oxygen atoms in total. The maximum atomic E-state index is 5.67. The van der Waals surface area contributed by atoms with E-state index in [1.54, 1.807) is 0 Å². The predicted octanol–water partition coefficient (Wildman–Crippen LogP) is 3.78. The van der Waals surface area contributed by atoms with Crippen LogP contribution < -0.4 is 9.47 Å². The fourth-order valence-electron chi connectivity index (χ4n) is 1.65. The van der Waals surface area contributed by atoms with E-state index in [1.807, 2.05) is 26.0 Å². The van der Waals surface area contributed by atoms with Gasteiger partial charge in [0.15, 0.2) is 0 Å². The fourth-order valence-corrected chi connectivity index (χ4v) is 1.65. The minimum absolute atomic E-state index is 0.0925. The molecule has 0 N–H and O–H groups in total. The van der Waals surface area contributed by atoms with Crippen LogP contribution in [0.1, 0.15) is 40.2 Å². The van der Waals surface area contributed by atoms with Crippen molar-refractivity contribution in [2.24, 2.45) is 0 Å². The summed E-state index contributed by atoms with van der Waals surface area (Å²) in [6.07, 6.45) is 0. The van der Waals surface area contributed by atoms with Gasteiger partial charge in [0.1, 0.15) is 11.5 Å². The highest BCUT2D eigenvalue weighted by Gasteiger charge is 2.19. The van der Waals surface area contributed by atoms with Crippen LogP contribution >= 0.6 is 0 Å². The first-order chi connectivity index (χ1) is 7.49. The molecule has 0 bridgehead atoms. The van der Waals surface area contributed by atoms with Gasteiger partial charge in [0.2, 0.25) is 0 Å². The van der Waals surface area contributed by atoms with Crippen LogP contribution in [0.4, 0.5) is 0 Å². The Morgan fingerprint density at radius 2 is 1.62 bits per heavy atom. The SMILES string of the molecule is CCOc1ccc(C(C)(C)C)c(OCC)c1. The van der Waals surface area contributed by atoms with Gasteiger partial charge in [-0.25, -0.2) is 0 Å². The summed E-state index contributed by atoms with van der Waals surface area (Å²) >= 11 is 0. The second-order valence-electron chi connectivity index (χ2n) is 4.77. The van der Waals surface area contributed by atoms with Crippen LogP contribution in [0.2, 0.25) is 0 Å². The molecule has 0 fully saturated rings. The molecule has 0 heterocycles. The highest BCUT2D eigenvalue weighted by atomic mass is 16.5. The van der Waals surface area contributed by atoms with E-state index < -0.39 is 0 Å². The van der Waals surface area contributed by atoms with Crippen molar-refractivity contribution in [1.82, 2.24) is 0 Å². The molecule has 0 aliphatic heterocycles. The van der Waals surface area contributed by atoms with Crippen molar-refractivity contribution in [1.29, 1.82) is 0 Å². The van der Waals surface area contributed by atoms with E-state index in [9.17, 15) is 0 Å². The molecule has 0 aliphatic rings. The summed E-state index contributed by atoms with van der Waals surface area (Å²) in [4.78, 5) is 0. The Kier molecular flexibility index (Phi) is 4.22. The Morgan fingerprint density at radius 1 is 1.00 bits per heavy atom. The van der Waals surface area contributed by atoms with Crippen molar-refractivity contribution >= 4 is 0 Å². The molecule has 0 amide bonds. The first-order valence-electron chi connectivity index (χ1n) is 5.89. The minimum atomic E-state index is 0.0925. The van der Waals surface area contributed by atoms with E-state index in [1.165, 1.54) is 5.56 Å². The maximum Gasteiger partial charge on any atom is 0.126 e. The summed E-state index contributed by atoms with van der Waals surface area (Å²) < 4.78 is 11.2. The van der Waals surface area contributed by atoms with Crippen LogP contribution in [0.3, 0.4) is 0 Å². The van der Waals surface area contributed by atoms with Crippen molar-refractivity contribution in [3.8, 4) is 11.5 Å². The molecule has 1 rings (SSSR count). The van der Waals surface area contributed by atoms with E-state index in [0.29, 0.717) is 13.2 Å². The zero-order valence-corrected chi connectivity index (χ0v) is 11.0. The van der Waals surface area contributed by atoms with E-state index in [-0.39, 0.29) is 5.41 Å². The normalized spacial score (nSPS) is 11.3. The van der Waals surface area contributed by atoms with Crippen molar-refractivity contribution in [2.45, 2.75) is 40.0 Å². The van der Waals surface area contributed by atoms with Crippen molar-refractivity contribution < 1.29 is 9.47 Å². The molecule has 1 aromatic rings. The molecule has 0 spiro atoms. The lowest BCUT2D eigenvalue weighted by molar-refractivity contribution is 0.316. The number of benzene rings is 1. The van der Waals surface area contributed by atoms with Gasteiger partial charge < -0.3 is 9.47 Å². The zero-order valence-electron chi connectivity index (χ0n) is 11.0. The third-order valence-corrected chi connectivity index (χ3v) is 2.37. The highest BCUT2D eigenvalue weighted by Crippen LogP contribution is 2.34. The number of hydrogen-bond donors (Lipinski definition) is 0. The summed E-state index contributed by atoms with van der Waals surface area (Å²) in [6, 6.07) is 6.08. The summed E-state index contributed by atoms with van der Waals surface area (Å²) in [5.41, 5.74) is 1.31. The van der Waals surface area contributed by atoms with Crippen LogP contribution in [0.5, 0.6) is 11.5 Å². The number of rotatable bonds is 4. The van der Waals surface area contributed by atoms with Gasteiger partial charge in [-0.1, -0.05) is 26.8 Å². The molecular formula is C14H22O2. The third kappa shape index (κ3) is 3.16. The molecule has 1 aromatic carbocycles. The van der Waals surface area contributed by atoms with Crippen molar-refractivity contribution in [3.63, 3.8) is 0 Å². The molecule has 0 saturated heterocycles.